The molecule has 0 bridgehead atoms. The van der Waals surface area contributed by atoms with E-state index < -0.39 is 5.91 Å². The molecule has 3 aliphatic heterocycles. The second-order valence-corrected chi connectivity index (χ2v) is 7.54. The van der Waals surface area contributed by atoms with Gasteiger partial charge in [0.25, 0.3) is 5.91 Å². The van der Waals surface area contributed by atoms with Crippen LogP contribution in [-0.4, -0.2) is 69.7 Å². The number of hydroxylamine groups is 1. The van der Waals surface area contributed by atoms with E-state index in [-0.39, 0.29) is 11.5 Å². The number of carbonyl (C=O) groups excluding carboxylic acids is 2. The molecule has 1 spiro atoms. The Labute approximate surface area is 152 Å². The fourth-order valence-electron chi connectivity index (χ4n) is 4.34. The zero-order valence-electron chi connectivity index (χ0n) is 14.9. The molecule has 2 amide bonds. The Bertz CT molecular complexity index is 732. The van der Waals surface area contributed by atoms with Gasteiger partial charge in [0.1, 0.15) is 5.60 Å². The fourth-order valence-corrected chi connectivity index (χ4v) is 4.34. The smallest absolute Gasteiger partial charge is 0.276 e. The van der Waals surface area contributed by atoms with Crippen molar-refractivity contribution in [1.29, 1.82) is 0 Å². The van der Waals surface area contributed by atoms with Gasteiger partial charge in [0.05, 0.1) is 24.3 Å². The zero-order valence-corrected chi connectivity index (χ0v) is 14.9. The van der Waals surface area contributed by atoms with Gasteiger partial charge < -0.3 is 9.64 Å². The Hall–Kier alpha value is -2.03. The van der Waals surface area contributed by atoms with Crippen LogP contribution < -0.4 is 5.48 Å². The Balaban J connectivity index is 1.42. The molecule has 4 heterocycles. The van der Waals surface area contributed by atoms with Crippen LogP contribution in [0.15, 0.2) is 12.3 Å². The lowest BCUT2D eigenvalue weighted by molar-refractivity contribution is -0.189. The second-order valence-electron chi connectivity index (χ2n) is 7.54. The predicted octanol–water partition coefficient (Wildman–Crippen LogP) is 0.339. The third-order valence-corrected chi connectivity index (χ3v) is 5.83. The monoisotopic (exact) mass is 360 g/mol. The highest BCUT2D eigenvalue weighted by atomic mass is 16.5. The summed E-state index contributed by atoms with van der Waals surface area (Å²) in [4.78, 5) is 31.7. The standard InChI is InChI=1S/C18H24N4O4/c1-12(23)22-10-18(11-22)7-15(3-5-26-18)21-4-2-13-6-14(17(24)20-25)8-19-16(13)9-21/h6,8,15,25H,2-5,7,9-11H2,1H3,(H,20,24)/t15-/m0/s1. The van der Waals surface area contributed by atoms with Crippen LogP contribution in [0.4, 0.5) is 0 Å². The van der Waals surface area contributed by atoms with Gasteiger partial charge in [-0.25, -0.2) is 5.48 Å². The second kappa shape index (κ2) is 6.61. The Morgan fingerprint density at radius 3 is 2.96 bits per heavy atom. The highest BCUT2D eigenvalue weighted by Gasteiger charge is 2.49. The number of aromatic nitrogens is 1. The molecular formula is C18H24N4O4. The maximum Gasteiger partial charge on any atom is 0.276 e. The average Bonchev–Trinajstić information content (AvgIpc) is 2.64. The minimum atomic E-state index is -0.533. The largest absolute Gasteiger partial charge is 0.371 e. The maximum absolute atomic E-state index is 11.5. The van der Waals surface area contributed by atoms with Crippen LogP contribution in [0.5, 0.6) is 0 Å². The molecule has 4 rings (SSSR count). The van der Waals surface area contributed by atoms with Gasteiger partial charge in [-0.3, -0.25) is 24.7 Å². The number of likely N-dealkylation sites (tertiary alicyclic amines) is 1. The van der Waals surface area contributed by atoms with E-state index in [1.807, 2.05) is 11.0 Å². The first-order valence-electron chi connectivity index (χ1n) is 9.05. The molecule has 3 aliphatic rings. The van der Waals surface area contributed by atoms with E-state index in [2.05, 4.69) is 9.88 Å². The first-order valence-corrected chi connectivity index (χ1v) is 9.05. The molecule has 140 valence electrons. The Morgan fingerprint density at radius 1 is 1.42 bits per heavy atom. The minimum absolute atomic E-state index is 0.111. The molecule has 0 radical (unpaired) electrons. The van der Waals surface area contributed by atoms with E-state index in [9.17, 15) is 9.59 Å². The molecule has 1 atom stereocenters. The SMILES string of the molecule is CC(=O)N1CC2(C[C@@H](N3CCc4cc(C(=O)NO)cnc4C3)CCO2)C1. The van der Waals surface area contributed by atoms with Crippen molar-refractivity contribution in [2.75, 3.05) is 26.2 Å². The maximum atomic E-state index is 11.5. The first-order chi connectivity index (χ1) is 12.5. The van der Waals surface area contributed by atoms with Crippen molar-refractivity contribution in [3.05, 3.63) is 29.1 Å². The first kappa shape index (κ1) is 17.4. The van der Waals surface area contributed by atoms with Crippen LogP contribution in [0.3, 0.4) is 0 Å². The van der Waals surface area contributed by atoms with Crippen molar-refractivity contribution in [3.8, 4) is 0 Å². The van der Waals surface area contributed by atoms with E-state index in [1.165, 1.54) is 6.20 Å². The molecule has 8 nitrogen and oxygen atoms in total. The van der Waals surface area contributed by atoms with Gasteiger partial charge in [-0.2, -0.15) is 0 Å². The van der Waals surface area contributed by atoms with Gasteiger partial charge in [-0.15, -0.1) is 0 Å². The summed E-state index contributed by atoms with van der Waals surface area (Å²) in [7, 11) is 0. The lowest BCUT2D eigenvalue weighted by Crippen LogP contribution is -2.68. The van der Waals surface area contributed by atoms with Gasteiger partial charge in [0.2, 0.25) is 5.91 Å². The average molecular weight is 360 g/mol. The zero-order chi connectivity index (χ0) is 18.3. The number of hydrogen-bond acceptors (Lipinski definition) is 6. The molecule has 0 aliphatic carbocycles. The number of fused-ring (bicyclic) bond motifs is 1. The molecule has 0 aromatic carbocycles. The molecule has 2 saturated heterocycles. The van der Waals surface area contributed by atoms with Crippen molar-refractivity contribution < 1.29 is 19.5 Å². The summed E-state index contributed by atoms with van der Waals surface area (Å²) in [6.45, 7) is 5.39. The van der Waals surface area contributed by atoms with Crippen LogP contribution >= 0.6 is 0 Å². The molecule has 0 saturated carbocycles. The summed E-state index contributed by atoms with van der Waals surface area (Å²) < 4.78 is 6.02. The third kappa shape index (κ3) is 3.08. The summed E-state index contributed by atoms with van der Waals surface area (Å²) in [5.41, 5.74) is 3.91. The number of nitrogens with zero attached hydrogens (tertiary/aromatic N) is 3. The molecule has 1 aromatic heterocycles. The molecule has 2 N–H and O–H groups in total. The highest BCUT2D eigenvalue weighted by molar-refractivity contribution is 5.93. The van der Waals surface area contributed by atoms with Crippen LogP contribution in [-0.2, 0) is 22.5 Å². The van der Waals surface area contributed by atoms with E-state index in [0.29, 0.717) is 24.7 Å². The number of nitrogens with one attached hydrogen (secondary N) is 1. The normalized spacial score (nSPS) is 24.7. The number of rotatable bonds is 2. The van der Waals surface area contributed by atoms with Gasteiger partial charge in [-0.1, -0.05) is 0 Å². The highest BCUT2D eigenvalue weighted by Crippen LogP contribution is 2.37. The minimum Gasteiger partial charge on any atom is -0.371 e. The Morgan fingerprint density at radius 2 is 2.23 bits per heavy atom. The molecule has 0 unspecified atom stereocenters. The lowest BCUT2D eigenvalue weighted by Gasteiger charge is -2.54. The molecule has 26 heavy (non-hydrogen) atoms. The molecular weight excluding hydrogens is 336 g/mol. The summed E-state index contributed by atoms with van der Waals surface area (Å²) in [5.74, 6) is -0.422. The fraction of sp³-hybridized carbons (Fsp3) is 0.611. The van der Waals surface area contributed by atoms with Gasteiger partial charge in [0.15, 0.2) is 0 Å². The summed E-state index contributed by atoms with van der Waals surface area (Å²) in [6, 6.07) is 2.24. The van der Waals surface area contributed by atoms with Crippen molar-refractivity contribution in [1.82, 2.24) is 20.3 Å². The third-order valence-electron chi connectivity index (χ3n) is 5.83. The van der Waals surface area contributed by atoms with Crippen molar-refractivity contribution in [2.45, 2.75) is 44.4 Å². The molecule has 2 fully saturated rings. The Kier molecular flexibility index (Phi) is 4.42. The number of pyridine rings is 1. The topological polar surface area (TPSA) is 95.0 Å². The number of carbonyl (C=O) groups is 2. The summed E-state index contributed by atoms with van der Waals surface area (Å²) in [5, 5.41) is 8.76. The van der Waals surface area contributed by atoms with Gasteiger partial charge in [-0.05, 0) is 30.9 Å². The van der Waals surface area contributed by atoms with Gasteiger partial charge >= 0.3 is 0 Å². The number of amides is 2. The number of hydrogen-bond donors (Lipinski definition) is 2. The van der Waals surface area contributed by atoms with Gasteiger partial charge in [0, 0.05) is 38.9 Å². The van der Waals surface area contributed by atoms with Crippen molar-refractivity contribution in [2.24, 2.45) is 0 Å². The van der Waals surface area contributed by atoms with Crippen LogP contribution in [0.25, 0.3) is 0 Å². The molecule has 8 heteroatoms. The van der Waals surface area contributed by atoms with E-state index in [1.54, 1.807) is 12.4 Å². The molecule has 1 aromatic rings. The van der Waals surface area contributed by atoms with Crippen LogP contribution in [0.2, 0.25) is 0 Å². The van der Waals surface area contributed by atoms with E-state index >= 15 is 0 Å². The van der Waals surface area contributed by atoms with Crippen LogP contribution in [0, 0.1) is 0 Å². The van der Waals surface area contributed by atoms with Crippen molar-refractivity contribution in [3.63, 3.8) is 0 Å². The lowest BCUT2D eigenvalue weighted by atomic mass is 9.82. The van der Waals surface area contributed by atoms with E-state index in [0.717, 1.165) is 50.2 Å². The quantitative estimate of drug-likeness (QED) is 0.583. The summed E-state index contributed by atoms with van der Waals surface area (Å²) >= 11 is 0. The van der Waals surface area contributed by atoms with Crippen molar-refractivity contribution >= 4 is 11.8 Å². The summed E-state index contributed by atoms with van der Waals surface area (Å²) in [6.07, 6.45) is 4.27. The predicted molar refractivity (Wildman–Crippen MR) is 91.6 cm³/mol. The number of ether oxygens (including phenoxy) is 1. The van der Waals surface area contributed by atoms with E-state index in [4.69, 9.17) is 9.94 Å². The van der Waals surface area contributed by atoms with Crippen LogP contribution in [0.1, 0.15) is 41.4 Å².